The smallest absolute Gasteiger partial charge is 0.185 e. The van der Waals surface area contributed by atoms with E-state index in [-0.39, 0.29) is 6.61 Å². The number of imidazole rings is 1. The number of hydrogen-bond acceptors (Lipinski definition) is 7. The van der Waals surface area contributed by atoms with Crippen molar-refractivity contribution < 1.29 is 14.5 Å². The van der Waals surface area contributed by atoms with Gasteiger partial charge < -0.3 is 14.5 Å². The lowest BCUT2D eigenvalue weighted by molar-refractivity contribution is 0.130. The molecule has 1 aromatic carbocycles. The molecule has 0 amide bonds. The zero-order chi connectivity index (χ0) is 18.1. The second-order valence-electron chi connectivity index (χ2n) is 5.03. The van der Waals surface area contributed by atoms with Crippen molar-refractivity contribution in [2.45, 2.75) is 20.5 Å². The van der Waals surface area contributed by atoms with Gasteiger partial charge in [0.05, 0.1) is 0 Å². The second kappa shape index (κ2) is 9.21. The average molecular weight is 343 g/mol. The summed E-state index contributed by atoms with van der Waals surface area (Å²) in [4.78, 5) is 19.2. The van der Waals surface area contributed by atoms with Gasteiger partial charge in [0.15, 0.2) is 5.84 Å². The lowest BCUT2D eigenvalue weighted by Crippen LogP contribution is -2.15. The van der Waals surface area contributed by atoms with Crippen molar-refractivity contribution >= 4 is 17.3 Å². The van der Waals surface area contributed by atoms with E-state index in [1.165, 1.54) is 14.2 Å². The SMILES string of the molecule is CO/N=C(C)/C(C)=N/OCc1ccccc1/C(=N\OC)n1ccnc1. The summed E-state index contributed by atoms with van der Waals surface area (Å²) in [6.45, 7) is 3.86. The molecule has 0 spiro atoms. The first kappa shape index (κ1) is 18.2. The molecule has 0 atom stereocenters. The molecule has 0 bridgehead atoms. The van der Waals surface area contributed by atoms with Gasteiger partial charge in [0, 0.05) is 23.5 Å². The quantitative estimate of drug-likeness (QED) is 0.439. The van der Waals surface area contributed by atoms with Crippen LogP contribution in [0.5, 0.6) is 0 Å². The maximum atomic E-state index is 5.47. The van der Waals surface area contributed by atoms with Crippen LogP contribution in [0.4, 0.5) is 0 Å². The summed E-state index contributed by atoms with van der Waals surface area (Å²) in [5.74, 6) is 0.608. The first-order valence-corrected chi connectivity index (χ1v) is 7.59. The normalized spacial score (nSPS) is 12.9. The zero-order valence-electron chi connectivity index (χ0n) is 14.7. The summed E-state index contributed by atoms with van der Waals surface area (Å²) in [5, 5.41) is 12.0. The van der Waals surface area contributed by atoms with Crippen LogP contribution in [0.1, 0.15) is 25.0 Å². The molecule has 1 heterocycles. The number of hydrogen-bond donors (Lipinski definition) is 0. The summed E-state index contributed by atoms with van der Waals surface area (Å²) in [6, 6.07) is 7.72. The summed E-state index contributed by atoms with van der Waals surface area (Å²) in [6.07, 6.45) is 5.13. The highest BCUT2D eigenvalue weighted by molar-refractivity contribution is 6.40. The third kappa shape index (κ3) is 4.90. The summed E-state index contributed by atoms with van der Waals surface area (Å²) < 4.78 is 1.77. The van der Waals surface area contributed by atoms with Crippen LogP contribution in [0.3, 0.4) is 0 Å². The third-order valence-electron chi connectivity index (χ3n) is 3.36. The molecule has 25 heavy (non-hydrogen) atoms. The number of benzene rings is 1. The van der Waals surface area contributed by atoms with E-state index in [0.29, 0.717) is 17.3 Å². The van der Waals surface area contributed by atoms with Gasteiger partial charge >= 0.3 is 0 Å². The molecule has 0 saturated heterocycles. The van der Waals surface area contributed by atoms with Crippen molar-refractivity contribution in [1.29, 1.82) is 0 Å². The van der Waals surface area contributed by atoms with Crippen LogP contribution in [0.15, 0.2) is 58.5 Å². The molecule has 0 aliphatic heterocycles. The molecule has 132 valence electrons. The number of nitrogens with zero attached hydrogens (tertiary/aromatic N) is 5. The first-order valence-electron chi connectivity index (χ1n) is 7.59. The van der Waals surface area contributed by atoms with Crippen LogP contribution in [0, 0.1) is 0 Å². The van der Waals surface area contributed by atoms with Crippen LogP contribution < -0.4 is 0 Å². The predicted octanol–water partition coefficient (Wildman–Crippen LogP) is 2.65. The monoisotopic (exact) mass is 343 g/mol. The van der Waals surface area contributed by atoms with Gasteiger partial charge in [-0.25, -0.2) is 4.98 Å². The number of oxime groups is 3. The van der Waals surface area contributed by atoms with E-state index in [1.807, 2.05) is 24.3 Å². The summed E-state index contributed by atoms with van der Waals surface area (Å²) in [5.41, 5.74) is 3.05. The molecular weight excluding hydrogens is 322 g/mol. The Hall–Kier alpha value is -3.16. The lowest BCUT2D eigenvalue weighted by Gasteiger charge is -2.11. The van der Waals surface area contributed by atoms with E-state index in [9.17, 15) is 0 Å². The molecule has 2 aromatic rings. The molecule has 0 aliphatic rings. The number of aromatic nitrogens is 2. The van der Waals surface area contributed by atoms with Crippen LogP contribution >= 0.6 is 0 Å². The minimum atomic E-state index is 0.269. The highest BCUT2D eigenvalue weighted by atomic mass is 16.6. The van der Waals surface area contributed by atoms with Crippen LogP contribution in [-0.4, -0.2) is 41.0 Å². The Balaban J connectivity index is 2.22. The Morgan fingerprint density at radius 3 is 2.44 bits per heavy atom. The molecule has 1 aromatic heterocycles. The molecule has 2 rings (SSSR count). The molecule has 8 nitrogen and oxygen atoms in total. The molecule has 0 radical (unpaired) electrons. The topological polar surface area (TPSA) is 82.6 Å². The standard InChI is InChI=1S/C17H21N5O3/c1-13(19-23-3)14(2)20-25-11-15-7-5-6-8-16(15)17(21-24-4)22-10-9-18-12-22/h5-10,12H,11H2,1-4H3/b19-13+,20-14+,21-17+. The van der Waals surface area contributed by atoms with Crippen LogP contribution in [0.25, 0.3) is 0 Å². The van der Waals surface area contributed by atoms with Gasteiger partial charge in [-0.2, -0.15) is 0 Å². The summed E-state index contributed by atoms with van der Waals surface area (Å²) in [7, 11) is 2.99. The lowest BCUT2D eigenvalue weighted by atomic mass is 10.1. The predicted molar refractivity (Wildman–Crippen MR) is 95.6 cm³/mol. The van der Waals surface area contributed by atoms with E-state index < -0.39 is 0 Å². The van der Waals surface area contributed by atoms with Crippen LogP contribution in [-0.2, 0) is 21.1 Å². The van der Waals surface area contributed by atoms with Gasteiger partial charge in [-0.15, -0.1) is 0 Å². The zero-order valence-corrected chi connectivity index (χ0v) is 14.7. The molecule has 0 aliphatic carbocycles. The fourth-order valence-electron chi connectivity index (χ4n) is 2.04. The van der Waals surface area contributed by atoms with Gasteiger partial charge in [0.2, 0.25) is 0 Å². The minimum Gasteiger partial charge on any atom is -0.399 e. The van der Waals surface area contributed by atoms with Gasteiger partial charge in [-0.3, -0.25) is 4.57 Å². The van der Waals surface area contributed by atoms with Crippen molar-refractivity contribution in [3.05, 3.63) is 54.1 Å². The van der Waals surface area contributed by atoms with Crippen molar-refractivity contribution in [2.75, 3.05) is 14.2 Å². The van der Waals surface area contributed by atoms with Crippen molar-refractivity contribution in [3.63, 3.8) is 0 Å². The molecule has 0 unspecified atom stereocenters. The first-order chi connectivity index (χ1) is 12.2. The fourth-order valence-corrected chi connectivity index (χ4v) is 2.04. The Morgan fingerprint density at radius 1 is 1.04 bits per heavy atom. The fraction of sp³-hybridized carbons (Fsp3) is 0.294. The highest BCUT2D eigenvalue weighted by Crippen LogP contribution is 2.13. The Bertz CT molecular complexity index is 766. The van der Waals surface area contributed by atoms with E-state index >= 15 is 0 Å². The van der Waals surface area contributed by atoms with E-state index in [2.05, 4.69) is 20.5 Å². The molecule has 0 N–H and O–H groups in total. The molecular formula is C17H21N5O3. The third-order valence-corrected chi connectivity index (χ3v) is 3.36. The van der Waals surface area contributed by atoms with Gasteiger partial charge in [0.1, 0.15) is 38.6 Å². The van der Waals surface area contributed by atoms with Crippen molar-refractivity contribution in [1.82, 2.24) is 9.55 Å². The summed E-state index contributed by atoms with van der Waals surface area (Å²) >= 11 is 0. The van der Waals surface area contributed by atoms with E-state index in [0.717, 1.165) is 11.1 Å². The Kier molecular flexibility index (Phi) is 6.70. The molecule has 0 fully saturated rings. The van der Waals surface area contributed by atoms with Crippen LogP contribution in [0.2, 0.25) is 0 Å². The Morgan fingerprint density at radius 2 is 1.76 bits per heavy atom. The van der Waals surface area contributed by atoms with E-state index in [4.69, 9.17) is 14.5 Å². The molecule has 0 saturated carbocycles. The van der Waals surface area contributed by atoms with Gasteiger partial charge in [0.25, 0.3) is 0 Å². The largest absolute Gasteiger partial charge is 0.399 e. The molecule has 8 heteroatoms. The minimum absolute atomic E-state index is 0.269. The highest BCUT2D eigenvalue weighted by Gasteiger charge is 2.12. The van der Waals surface area contributed by atoms with Gasteiger partial charge in [-0.1, -0.05) is 39.7 Å². The second-order valence-corrected chi connectivity index (χ2v) is 5.03. The maximum Gasteiger partial charge on any atom is 0.185 e. The van der Waals surface area contributed by atoms with E-state index in [1.54, 1.807) is 37.1 Å². The average Bonchev–Trinajstić information content (AvgIpc) is 3.14. The van der Waals surface area contributed by atoms with Crippen molar-refractivity contribution in [2.24, 2.45) is 15.5 Å². The van der Waals surface area contributed by atoms with Crippen molar-refractivity contribution in [3.8, 4) is 0 Å². The Labute approximate surface area is 146 Å². The maximum absolute atomic E-state index is 5.47. The number of rotatable bonds is 7. The van der Waals surface area contributed by atoms with Gasteiger partial charge in [-0.05, 0) is 13.8 Å².